The SMILES string of the molecule is CC.CCCCCC(CCCCC)CCCOCOCCCCCCCCN1C[C@@H](O)C[C@H]1C.CCCCCCCCC(CCCCCCCC)OC(=O)C(C)(C)CCCCCCOO. The van der Waals surface area contributed by atoms with Gasteiger partial charge in [-0.2, -0.15) is 0 Å². The van der Waals surface area contributed by atoms with Gasteiger partial charge in [-0.1, -0.05) is 202 Å². The molecule has 1 saturated heterocycles. The van der Waals surface area contributed by atoms with Crippen LogP contribution in [0.25, 0.3) is 0 Å². The summed E-state index contributed by atoms with van der Waals surface area (Å²) in [5, 5.41) is 18.1. The van der Waals surface area contributed by atoms with Crippen LogP contribution in [0.3, 0.4) is 0 Å². The predicted molar refractivity (Wildman–Crippen MR) is 280 cm³/mol. The first-order valence-electron chi connectivity index (χ1n) is 28.7. The standard InChI is InChI=1S/C28H57NO3.C27H54O4.C2H6/c1-4-6-12-17-27(18-13-7-5-2)19-16-22-32-25-31-21-15-11-9-8-10-14-20-29-24-28(30)23-26(29)3;1-5-7-9-11-13-17-21-25(22-18-14-12-10-8-6-2)31-26(28)27(3,4)23-19-15-16-20-24-30-29;1-2/h26-28,30H,4-25H2,1-3H3;25,29H,5-24H2,1-4H3;1-2H3/t26-,28+;;/m1../s1. The molecule has 1 aliphatic heterocycles. The largest absolute Gasteiger partial charge is 0.462 e. The van der Waals surface area contributed by atoms with Crippen LogP contribution in [0.15, 0.2) is 0 Å². The molecule has 0 aliphatic carbocycles. The van der Waals surface area contributed by atoms with Crippen molar-refractivity contribution in [3.63, 3.8) is 0 Å². The summed E-state index contributed by atoms with van der Waals surface area (Å²) in [6.45, 7) is 24.0. The summed E-state index contributed by atoms with van der Waals surface area (Å²) in [4.78, 5) is 19.5. The van der Waals surface area contributed by atoms with Gasteiger partial charge in [-0.25, -0.2) is 4.89 Å². The Balaban J connectivity index is 0. The lowest BCUT2D eigenvalue weighted by atomic mass is 9.86. The van der Waals surface area contributed by atoms with E-state index in [1.54, 1.807) is 0 Å². The van der Waals surface area contributed by atoms with E-state index in [-0.39, 0.29) is 18.2 Å². The third kappa shape index (κ3) is 44.2. The number of hydrogen-bond acceptors (Lipinski definition) is 8. The van der Waals surface area contributed by atoms with E-state index in [0.29, 0.717) is 19.4 Å². The second-order valence-corrected chi connectivity index (χ2v) is 20.3. The quantitative estimate of drug-likeness (QED) is 0.0205. The Kier molecular flexibility index (Phi) is 52.1. The first-order chi connectivity index (χ1) is 31.6. The maximum atomic E-state index is 12.9. The van der Waals surface area contributed by atoms with Crippen LogP contribution >= 0.6 is 0 Å². The Hall–Kier alpha value is -0.770. The molecule has 0 amide bonds. The van der Waals surface area contributed by atoms with Gasteiger partial charge in [0.05, 0.1) is 18.1 Å². The molecule has 2 N–H and O–H groups in total. The van der Waals surface area contributed by atoms with Gasteiger partial charge in [-0.3, -0.25) is 15.0 Å². The molecule has 2 atom stereocenters. The fraction of sp³-hybridized carbons (Fsp3) is 0.982. The minimum absolute atomic E-state index is 0.0202. The van der Waals surface area contributed by atoms with Gasteiger partial charge in [0, 0.05) is 25.8 Å². The van der Waals surface area contributed by atoms with Crippen LogP contribution in [0, 0.1) is 11.3 Å². The van der Waals surface area contributed by atoms with Gasteiger partial charge in [-0.15, -0.1) is 0 Å². The lowest BCUT2D eigenvalue weighted by Gasteiger charge is -2.27. The number of carbonyl (C=O) groups excluding carboxylic acids is 1. The third-order valence-corrected chi connectivity index (χ3v) is 13.5. The van der Waals surface area contributed by atoms with Crippen molar-refractivity contribution in [2.75, 3.05) is 39.7 Å². The molecule has 65 heavy (non-hydrogen) atoms. The van der Waals surface area contributed by atoms with E-state index in [2.05, 4.69) is 44.4 Å². The van der Waals surface area contributed by atoms with Gasteiger partial charge >= 0.3 is 5.97 Å². The molecule has 0 spiro atoms. The third-order valence-electron chi connectivity index (χ3n) is 13.5. The van der Waals surface area contributed by atoms with Crippen LogP contribution in [0.2, 0.25) is 0 Å². The van der Waals surface area contributed by atoms with Crippen molar-refractivity contribution >= 4 is 5.97 Å². The Bertz CT molecular complexity index is 909. The van der Waals surface area contributed by atoms with Crippen LogP contribution in [-0.4, -0.2) is 79.2 Å². The van der Waals surface area contributed by atoms with E-state index in [1.165, 1.54) is 173 Å². The molecule has 0 bridgehead atoms. The maximum Gasteiger partial charge on any atom is 0.311 e. The maximum absolute atomic E-state index is 12.9. The number of β-amino-alcohol motifs (C(OH)–C–C–N with tert-alkyl or cyclic N) is 1. The number of carbonyl (C=O) groups is 1. The summed E-state index contributed by atoms with van der Waals surface area (Å²) in [7, 11) is 0. The summed E-state index contributed by atoms with van der Waals surface area (Å²) in [6, 6.07) is 0.558. The molecular formula is C57H117NO7. The number of nitrogens with zero attached hydrogens (tertiary/aromatic N) is 1. The van der Waals surface area contributed by atoms with Crippen molar-refractivity contribution < 1.29 is 34.3 Å². The molecule has 0 radical (unpaired) electrons. The zero-order valence-electron chi connectivity index (χ0n) is 45.4. The second-order valence-electron chi connectivity index (χ2n) is 20.3. The van der Waals surface area contributed by atoms with Crippen LogP contribution in [0.4, 0.5) is 0 Å². The lowest BCUT2D eigenvalue weighted by molar-refractivity contribution is -0.242. The number of aliphatic hydroxyl groups excluding tert-OH is 1. The van der Waals surface area contributed by atoms with Gasteiger partial charge in [0.2, 0.25) is 0 Å². The van der Waals surface area contributed by atoms with Gasteiger partial charge < -0.3 is 19.3 Å². The molecule has 1 rings (SSSR count). The van der Waals surface area contributed by atoms with E-state index in [4.69, 9.17) is 19.5 Å². The first kappa shape index (κ1) is 66.3. The van der Waals surface area contributed by atoms with Crippen molar-refractivity contribution in [3.05, 3.63) is 0 Å². The Labute approximate surface area is 406 Å². The summed E-state index contributed by atoms with van der Waals surface area (Å²) in [5.41, 5.74) is -0.423. The van der Waals surface area contributed by atoms with E-state index in [1.807, 2.05) is 27.7 Å². The van der Waals surface area contributed by atoms with E-state index < -0.39 is 5.41 Å². The predicted octanol–water partition coefficient (Wildman–Crippen LogP) is 17.2. The highest BCUT2D eigenvalue weighted by atomic mass is 17.1. The highest BCUT2D eigenvalue weighted by Crippen LogP contribution is 2.28. The van der Waals surface area contributed by atoms with Crippen LogP contribution < -0.4 is 0 Å². The van der Waals surface area contributed by atoms with Gasteiger partial charge in [-0.05, 0) is 104 Å². The fourth-order valence-corrected chi connectivity index (χ4v) is 9.12. The number of likely N-dealkylation sites (tertiary alicyclic amines) is 1. The zero-order valence-corrected chi connectivity index (χ0v) is 45.4. The fourth-order valence-electron chi connectivity index (χ4n) is 9.12. The molecule has 0 aromatic heterocycles. The highest BCUT2D eigenvalue weighted by Gasteiger charge is 2.31. The minimum atomic E-state index is -0.423. The van der Waals surface area contributed by atoms with Crippen molar-refractivity contribution in [2.24, 2.45) is 11.3 Å². The van der Waals surface area contributed by atoms with E-state index >= 15 is 0 Å². The summed E-state index contributed by atoms with van der Waals surface area (Å²) in [5.74, 6) is 0.885. The molecule has 1 fully saturated rings. The van der Waals surface area contributed by atoms with Gasteiger partial charge in [0.15, 0.2) is 0 Å². The first-order valence-corrected chi connectivity index (χ1v) is 28.7. The lowest BCUT2D eigenvalue weighted by Crippen LogP contribution is -2.31. The van der Waals surface area contributed by atoms with Gasteiger partial charge in [0.25, 0.3) is 0 Å². The van der Waals surface area contributed by atoms with Gasteiger partial charge in [0.1, 0.15) is 12.9 Å². The monoisotopic (exact) mass is 928 g/mol. The van der Waals surface area contributed by atoms with Crippen LogP contribution in [0.1, 0.15) is 293 Å². The van der Waals surface area contributed by atoms with E-state index in [9.17, 15) is 9.90 Å². The highest BCUT2D eigenvalue weighted by molar-refractivity contribution is 5.76. The Morgan fingerprint density at radius 2 is 0.985 bits per heavy atom. The smallest absolute Gasteiger partial charge is 0.311 e. The molecule has 1 aliphatic rings. The van der Waals surface area contributed by atoms with Crippen molar-refractivity contribution in [3.8, 4) is 0 Å². The van der Waals surface area contributed by atoms with Crippen molar-refractivity contribution in [1.82, 2.24) is 4.90 Å². The van der Waals surface area contributed by atoms with Crippen molar-refractivity contribution in [1.29, 1.82) is 0 Å². The molecule has 8 heteroatoms. The molecule has 8 nitrogen and oxygen atoms in total. The Morgan fingerprint density at radius 1 is 0.569 bits per heavy atom. The molecule has 0 unspecified atom stereocenters. The minimum Gasteiger partial charge on any atom is -0.462 e. The average Bonchev–Trinajstić information content (AvgIpc) is 3.63. The van der Waals surface area contributed by atoms with Crippen LogP contribution in [0.5, 0.6) is 0 Å². The summed E-state index contributed by atoms with van der Waals surface area (Å²) < 4.78 is 17.5. The zero-order chi connectivity index (χ0) is 48.5. The number of hydrogen-bond donors (Lipinski definition) is 2. The number of aliphatic hydroxyl groups is 1. The normalized spacial score (nSPS) is 15.3. The molecule has 1 heterocycles. The molecule has 0 aromatic carbocycles. The van der Waals surface area contributed by atoms with E-state index in [0.717, 1.165) is 90.0 Å². The number of esters is 1. The van der Waals surface area contributed by atoms with Crippen LogP contribution in [-0.2, 0) is 23.9 Å². The number of unbranched alkanes of at least 4 members (excludes halogenated alkanes) is 22. The number of rotatable bonds is 46. The molecule has 0 aromatic rings. The Morgan fingerprint density at radius 3 is 1.49 bits per heavy atom. The summed E-state index contributed by atoms with van der Waals surface area (Å²) >= 11 is 0. The van der Waals surface area contributed by atoms with Crippen molar-refractivity contribution in [2.45, 2.75) is 312 Å². The number of ether oxygens (including phenoxy) is 3. The summed E-state index contributed by atoms with van der Waals surface area (Å²) in [6.07, 6.45) is 44.3. The molecular weight excluding hydrogens is 811 g/mol. The molecule has 392 valence electrons. The molecule has 0 saturated carbocycles. The average molecular weight is 929 g/mol. The second kappa shape index (κ2) is 51.1. The topological polar surface area (TPSA) is 97.7 Å².